The van der Waals surface area contributed by atoms with Crippen molar-refractivity contribution in [3.05, 3.63) is 62.6 Å². The molecule has 0 atom stereocenters. The molecule has 24 heavy (non-hydrogen) atoms. The Kier molecular flexibility index (Phi) is 2.84. The van der Waals surface area contributed by atoms with Crippen molar-refractivity contribution in [3.63, 3.8) is 0 Å². The van der Waals surface area contributed by atoms with Crippen LogP contribution in [0.3, 0.4) is 0 Å². The highest BCUT2D eigenvalue weighted by Gasteiger charge is 2.22. The van der Waals surface area contributed by atoms with Gasteiger partial charge in [-0.05, 0) is 26.0 Å². The van der Waals surface area contributed by atoms with Gasteiger partial charge in [0.05, 0.1) is 0 Å². The molecule has 7 heteroatoms. The molecule has 0 aliphatic rings. The lowest BCUT2D eigenvalue weighted by Gasteiger charge is -2.06. The van der Waals surface area contributed by atoms with E-state index in [0.717, 1.165) is 21.6 Å². The van der Waals surface area contributed by atoms with Crippen molar-refractivity contribution in [2.75, 3.05) is 0 Å². The highest BCUT2D eigenvalue weighted by Crippen LogP contribution is 2.24. The molecule has 1 aromatic carbocycles. The maximum atomic E-state index is 12.7. The third-order valence-corrected chi connectivity index (χ3v) is 4.65. The number of hydrogen-bond acceptors (Lipinski definition) is 3. The van der Waals surface area contributed by atoms with Crippen molar-refractivity contribution in [2.24, 2.45) is 14.1 Å². The summed E-state index contributed by atoms with van der Waals surface area (Å²) in [6.45, 7) is 3.95. The van der Waals surface area contributed by atoms with Crippen molar-refractivity contribution < 1.29 is 0 Å². The van der Waals surface area contributed by atoms with Gasteiger partial charge in [0.1, 0.15) is 0 Å². The average Bonchev–Trinajstić information content (AvgIpc) is 3.08. The molecule has 7 nitrogen and oxygen atoms in total. The van der Waals surface area contributed by atoms with Gasteiger partial charge in [0, 0.05) is 31.2 Å². The van der Waals surface area contributed by atoms with Gasteiger partial charge in [-0.3, -0.25) is 22.9 Å². The van der Waals surface area contributed by atoms with E-state index in [1.165, 1.54) is 11.6 Å². The van der Waals surface area contributed by atoms with Gasteiger partial charge in [-0.2, -0.15) is 4.98 Å². The van der Waals surface area contributed by atoms with Crippen LogP contribution in [-0.4, -0.2) is 23.1 Å². The molecule has 0 saturated heterocycles. The van der Waals surface area contributed by atoms with Crippen molar-refractivity contribution in [3.8, 4) is 5.69 Å². The van der Waals surface area contributed by atoms with Gasteiger partial charge >= 0.3 is 5.69 Å². The maximum Gasteiger partial charge on any atom is 0.332 e. The fourth-order valence-electron chi connectivity index (χ4n) is 3.21. The fraction of sp³-hybridized carbons (Fsp3) is 0.235. The minimum Gasteiger partial charge on any atom is -0.283 e. The summed E-state index contributed by atoms with van der Waals surface area (Å²) in [5, 5.41) is 0. The number of nitrogens with zero attached hydrogens (tertiary/aromatic N) is 5. The highest BCUT2D eigenvalue weighted by molar-refractivity contribution is 5.77. The first kappa shape index (κ1) is 14.5. The van der Waals surface area contributed by atoms with Gasteiger partial charge in [-0.15, -0.1) is 0 Å². The summed E-state index contributed by atoms with van der Waals surface area (Å²) >= 11 is 0. The molecular weight excluding hydrogens is 306 g/mol. The molecule has 0 amide bonds. The summed E-state index contributed by atoms with van der Waals surface area (Å²) in [5.41, 5.74) is 2.98. The molecule has 0 saturated carbocycles. The molecule has 0 radical (unpaired) electrons. The SMILES string of the molecule is Cc1c(C)n2c3c(=O)n(C)c(=O)n(C)c3nc2n1-c1ccccc1. The van der Waals surface area contributed by atoms with Crippen LogP contribution < -0.4 is 11.2 Å². The van der Waals surface area contributed by atoms with Crippen LogP contribution >= 0.6 is 0 Å². The molecule has 0 bridgehead atoms. The zero-order valence-corrected chi connectivity index (χ0v) is 13.9. The van der Waals surface area contributed by atoms with E-state index < -0.39 is 0 Å². The molecule has 0 unspecified atom stereocenters. The topological polar surface area (TPSA) is 66.2 Å². The number of imidazole rings is 2. The second kappa shape index (κ2) is 4.70. The number of fused-ring (bicyclic) bond motifs is 3. The quantitative estimate of drug-likeness (QED) is 0.530. The van der Waals surface area contributed by atoms with Crippen LogP contribution in [0.15, 0.2) is 39.9 Å². The predicted octanol–water partition coefficient (Wildman–Crippen LogP) is 1.29. The minimum absolute atomic E-state index is 0.339. The first-order valence-electron chi connectivity index (χ1n) is 7.65. The number of aromatic nitrogens is 5. The Balaban J connectivity index is 2.29. The first-order valence-corrected chi connectivity index (χ1v) is 7.65. The van der Waals surface area contributed by atoms with E-state index in [1.807, 2.05) is 53.1 Å². The van der Waals surface area contributed by atoms with Crippen molar-refractivity contribution in [1.29, 1.82) is 0 Å². The molecule has 3 aromatic heterocycles. The first-order chi connectivity index (χ1) is 11.4. The normalized spacial score (nSPS) is 11.7. The Morgan fingerprint density at radius 3 is 2.25 bits per heavy atom. The smallest absolute Gasteiger partial charge is 0.283 e. The Bertz CT molecular complexity index is 1220. The molecule has 0 aliphatic heterocycles. The van der Waals surface area contributed by atoms with E-state index in [-0.39, 0.29) is 11.2 Å². The Hall–Kier alpha value is -3.09. The molecule has 0 N–H and O–H groups in total. The lowest BCUT2D eigenvalue weighted by molar-refractivity contribution is 0.707. The predicted molar refractivity (Wildman–Crippen MR) is 92.0 cm³/mol. The fourth-order valence-corrected chi connectivity index (χ4v) is 3.21. The molecule has 0 aliphatic carbocycles. The Morgan fingerprint density at radius 2 is 1.58 bits per heavy atom. The van der Waals surface area contributed by atoms with Gasteiger partial charge in [0.25, 0.3) is 5.56 Å². The molecule has 122 valence electrons. The number of hydrogen-bond donors (Lipinski definition) is 0. The molecular formula is C17H17N5O2. The summed E-state index contributed by atoms with van der Waals surface area (Å²) in [6, 6.07) is 9.84. The molecule has 4 aromatic rings. The van der Waals surface area contributed by atoms with E-state index in [0.29, 0.717) is 16.9 Å². The van der Waals surface area contributed by atoms with Gasteiger partial charge < -0.3 is 0 Å². The highest BCUT2D eigenvalue weighted by atomic mass is 16.2. The van der Waals surface area contributed by atoms with E-state index in [4.69, 9.17) is 0 Å². The maximum absolute atomic E-state index is 12.7. The number of benzene rings is 1. The average molecular weight is 323 g/mol. The van der Waals surface area contributed by atoms with Crippen LogP contribution in [0.25, 0.3) is 22.6 Å². The second-order valence-corrected chi connectivity index (χ2v) is 5.97. The van der Waals surface area contributed by atoms with Gasteiger partial charge in [0.2, 0.25) is 5.78 Å². The van der Waals surface area contributed by atoms with E-state index in [9.17, 15) is 9.59 Å². The van der Waals surface area contributed by atoms with E-state index >= 15 is 0 Å². The number of aryl methyl sites for hydroxylation is 2. The van der Waals surface area contributed by atoms with Gasteiger partial charge in [-0.1, -0.05) is 18.2 Å². The van der Waals surface area contributed by atoms with Gasteiger partial charge in [-0.25, -0.2) is 4.79 Å². The molecule has 0 fully saturated rings. The van der Waals surface area contributed by atoms with Crippen LogP contribution in [0.5, 0.6) is 0 Å². The third kappa shape index (κ3) is 1.63. The van der Waals surface area contributed by atoms with Crippen LogP contribution in [0.1, 0.15) is 11.4 Å². The van der Waals surface area contributed by atoms with Crippen molar-refractivity contribution in [2.45, 2.75) is 13.8 Å². The molecule has 4 rings (SSSR count). The zero-order valence-electron chi connectivity index (χ0n) is 13.9. The Labute approximate surface area is 137 Å². The summed E-state index contributed by atoms with van der Waals surface area (Å²) in [7, 11) is 3.12. The second-order valence-electron chi connectivity index (χ2n) is 5.97. The molecule has 0 spiro atoms. The molecule has 3 heterocycles. The van der Waals surface area contributed by atoms with E-state index in [2.05, 4.69) is 4.98 Å². The lowest BCUT2D eigenvalue weighted by Crippen LogP contribution is -2.37. The van der Waals surface area contributed by atoms with Crippen LogP contribution in [0.2, 0.25) is 0 Å². The monoisotopic (exact) mass is 323 g/mol. The number of rotatable bonds is 1. The summed E-state index contributed by atoms with van der Waals surface area (Å²) in [4.78, 5) is 29.5. The van der Waals surface area contributed by atoms with E-state index in [1.54, 1.807) is 7.05 Å². The number of para-hydroxylation sites is 1. The standard InChI is InChI=1S/C17H17N5O2/c1-10-11(2)22-13-14(19(3)17(24)20(4)15(13)23)18-16(22)21(10)12-8-6-5-7-9-12/h5-9H,1-4H3. The van der Waals surface area contributed by atoms with Crippen LogP contribution in [0.4, 0.5) is 0 Å². The van der Waals surface area contributed by atoms with Crippen LogP contribution in [0, 0.1) is 13.8 Å². The van der Waals surface area contributed by atoms with Crippen molar-refractivity contribution in [1.82, 2.24) is 23.1 Å². The van der Waals surface area contributed by atoms with Crippen LogP contribution in [-0.2, 0) is 14.1 Å². The minimum atomic E-state index is -0.381. The summed E-state index contributed by atoms with van der Waals surface area (Å²) in [6.07, 6.45) is 0. The van der Waals surface area contributed by atoms with Gasteiger partial charge in [0.15, 0.2) is 11.2 Å². The Morgan fingerprint density at radius 1 is 0.917 bits per heavy atom. The largest absolute Gasteiger partial charge is 0.332 e. The zero-order chi connectivity index (χ0) is 17.2. The summed E-state index contributed by atoms with van der Waals surface area (Å²) < 4.78 is 6.36. The van der Waals surface area contributed by atoms with Crippen molar-refractivity contribution >= 4 is 16.9 Å². The lowest BCUT2D eigenvalue weighted by atomic mass is 10.3. The summed E-state index contributed by atoms with van der Waals surface area (Å²) in [5.74, 6) is 0.629. The third-order valence-electron chi connectivity index (χ3n) is 4.65.